The maximum absolute atomic E-state index is 11.0. The summed E-state index contributed by atoms with van der Waals surface area (Å²) in [4.78, 5) is 2.02. The molecule has 1 fully saturated rings. The first-order valence-corrected chi connectivity index (χ1v) is 6.13. The molecule has 2 unspecified atom stereocenters. The Hall–Kier alpha value is -0.130. The summed E-state index contributed by atoms with van der Waals surface area (Å²) in [6.45, 7) is 2.72. The van der Waals surface area contributed by atoms with Crippen molar-refractivity contribution in [1.29, 1.82) is 0 Å². The Labute approximate surface area is 79.7 Å². The van der Waals surface area contributed by atoms with E-state index in [9.17, 15) is 8.42 Å². The van der Waals surface area contributed by atoms with Gasteiger partial charge in [-0.25, -0.2) is 0 Å². The van der Waals surface area contributed by atoms with Crippen LogP contribution in [-0.4, -0.2) is 42.8 Å². The molecule has 1 saturated heterocycles. The molecular formula is C8H17NO3S. The van der Waals surface area contributed by atoms with E-state index in [2.05, 4.69) is 0 Å². The molecule has 1 rings (SSSR count). The summed E-state index contributed by atoms with van der Waals surface area (Å²) in [6.07, 6.45) is 2.37. The van der Waals surface area contributed by atoms with E-state index in [-0.39, 0.29) is 6.04 Å². The highest BCUT2D eigenvalue weighted by Gasteiger charge is 2.35. The zero-order chi connectivity index (χ0) is 10.1. The second kappa shape index (κ2) is 3.94. The fourth-order valence-electron chi connectivity index (χ4n) is 2.09. The van der Waals surface area contributed by atoms with E-state index >= 15 is 0 Å². The van der Waals surface area contributed by atoms with Crippen molar-refractivity contribution in [1.82, 2.24) is 4.90 Å². The van der Waals surface area contributed by atoms with Crippen molar-refractivity contribution < 1.29 is 13.0 Å². The number of hydrogen-bond acceptors (Lipinski definition) is 3. The Kier molecular flexibility index (Phi) is 3.32. The van der Waals surface area contributed by atoms with Crippen molar-refractivity contribution >= 4 is 10.1 Å². The smallest absolute Gasteiger partial charge is 0.269 e. The second-order valence-corrected chi connectivity index (χ2v) is 5.29. The van der Waals surface area contributed by atoms with Gasteiger partial charge in [0.05, 0.1) is 0 Å². The highest BCUT2D eigenvalue weighted by Crippen LogP contribution is 2.23. The fraction of sp³-hybridized carbons (Fsp3) is 1.00. The standard InChI is InChI=1S/C8H17NO3S/c1-3-8(13(10,11)12)7-5-4-6-9(7)2/h7-8H,3-6H2,1-2H3,(H,10,11,12). The molecule has 0 aromatic rings. The van der Waals surface area contributed by atoms with Crippen LogP contribution in [0.15, 0.2) is 0 Å². The van der Waals surface area contributed by atoms with Crippen LogP contribution in [0.1, 0.15) is 26.2 Å². The third-order valence-corrected chi connectivity index (χ3v) is 4.20. The summed E-state index contributed by atoms with van der Waals surface area (Å²) < 4.78 is 31.0. The summed E-state index contributed by atoms with van der Waals surface area (Å²) in [5.41, 5.74) is 0. The Balaban J connectivity index is 2.78. The lowest BCUT2D eigenvalue weighted by Crippen LogP contribution is -2.40. The van der Waals surface area contributed by atoms with Crippen molar-refractivity contribution in [3.63, 3.8) is 0 Å². The number of nitrogens with zero attached hydrogens (tertiary/aromatic N) is 1. The van der Waals surface area contributed by atoms with Gasteiger partial charge in [-0.2, -0.15) is 8.42 Å². The largest absolute Gasteiger partial charge is 0.302 e. The van der Waals surface area contributed by atoms with E-state index in [4.69, 9.17) is 4.55 Å². The SMILES string of the molecule is CCC(C1CCCN1C)S(=O)(=O)O. The first-order valence-electron chi connectivity index (χ1n) is 4.63. The van der Waals surface area contributed by atoms with Crippen LogP contribution in [0, 0.1) is 0 Å². The summed E-state index contributed by atoms with van der Waals surface area (Å²) in [6, 6.07) is -0.000000000000000222. The Morgan fingerprint density at radius 3 is 2.54 bits per heavy atom. The summed E-state index contributed by atoms with van der Waals surface area (Å²) in [5, 5.41) is -0.611. The molecule has 0 aromatic carbocycles. The Bertz CT molecular complexity index is 263. The van der Waals surface area contributed by atoms with Gasteiger partial charge in [0.15, 0.2) is 0 Å². The Morgan fingerprint density at radius 1 is 1.62 bits per heavy atom. The molecule has 0 saturated carbocycles. The third kappa shape index (κ3) is 2.42. The monoisotopic (exact) mass is 207 g/mol. The van der Waals surface area contributed by atoms with Crippen LogP contribution < -0.4 is 0 Å². The maximum Gasteiger partial charge on any atom is 0.269 e. The highest BCUT2D eigenvalue weighted by atomic mass is 32.2. The Morgan fingerprint density at radius 2 is 2.23 bits per heavy atom. The molecule has 1 aliphatic heterocycles. The van der Waals surface area contributed by atoms with Gasteiger partial charge in [0.25, 0.3) is 10.1 Å². The predicted octanol–water partition coefficient (Wildman–Crippen LogP) is 0.747. The number of hydrogen-bond donors (Lipinski definition) is 1. The van der Waals surface area contributed by atoms with Crippen LogP contribution in [0.4, 0.5) is 0 Å². The van der Waals surface area contributed by atoms with Gasteiger partial charge in [-0.05, 0) is 32.9 Å². The van der Waals surface area contributed by atoms with E-state index < -0.39 is 15.4 Å². The zero-order valence-corrected chi connectivity index (χ0v) is 8.92. The molecule has 4 nitrogen and oxygen atoms in total. The molecule has 2 atom stereocenters. The lowest BCUT2D eigenvalue weighted by Gasteiger charge is -2.25. The van der Waals surface area contributed by atoms with Crippen LogP contribution in [0.25, 0.3) is 0 Å². The van der Waals surface area contributed by atoms with Gasteiger partial charge in [0.1, 0.15) is 5.25 Å². The normalized spacial score (nSPS) is 27.8. The average molecular weight is 207 g/mol. The molecule has 13 heavy (non-hydrogen) atoms. The van der Waals surface area contributed by atoms with Crippen LogP contribution in [-0.2, 0) is 10.1 Å². The minimum absolute atomic E-state index is 0.000000000000000222. The van der Waals surface area contributed by atoms with E-state index in [0.29, 0.717) is 6.42 Å². The van der Waals surface area contributed by atoms with E-state index in [0.717, 1.165) is 19.4 Å². The molecule has 1 heterocycles. The lowest BCUT2D eigenvalue weighted by molar-refractivity contribution is 0.287. The molecule has 1 aliphatic rings. The molecule has 0 bridgehead atoms. The van der Waals surface area contributed by atoms with Crippen LogP contribution in [0.2, 0.25) is 0 Å². The lowest BCUT2D eigenvalue weighted by atomic mass is 10.1. The van der Waals surface area contributed by atoms with Gasteiger partial charge in [0, 0.05) is 6.04 Å². The summed E-state index contributed by atoms with van der Waals surface area (Å²) >= 11 is 0. The molecule has 0 aliphatic carbocycles. The first-order chi connectivity index (χ1) is 5.96. The summed E-state index contributed by atoms with van der Waals surface area (Å²) in [5.74, 6) is 0. The average Bonchev–Trinajstić information content (AvgIpc) is 2.35. The van der Waals surface area contributed by atoms with Crippen molar-refractivity contribution in [3.05, 3.63) is 0 Å². The van der Waals surface area contributed by atoms with Crippen LogP contribution in [0.5, 0.6) is 0 Å². The fourth-order valence-corrected chi connectivity index (χ4v) is 3.25. The molecule has 78 valence electrons. The molecule has 0 amide bonds. The predicted molar refractivity (Wildman–Crippen MR) is 51.3 cm³/mol. The van der Waals surface area contributed by atoms with Crippen molar-refractivity contribution in [2.75, 3.05) is 13.6 Å². The zero-order valence-electron chi connectivity index (χ0n) is 8.10. The van der Waals surface area contributed by atoms with E-state index in [1.807, 2.05) is 11.9 Å². The molecule has 1 N–H and O–H groups in total. The summed E-state index contributed by atoms with van der Waals surface area (Å²) in [7, 11) is -1.96. The third-order valence-electron chi connectivity index (χ3n) is 2.79. The number of rotatable bonds is 3. The van der Waals surface area contributed by atoms with Gasteiger partial charge in [0.2, 0.25) is 0 Å². The number of likely N-dealkylation sites (tertiary alicyclic amines) is 1. The van der Waals surface area contributed by atoms with Crippen LogP contribution in [0.3, 0.4) is 0 Å². The minimum atomic E-state index is -3.87. The van der Waals surface area contributed by atoms with E-state index in [1.54, 1.807) is 6.92 Å². The highest BCUT2D eigenvalue weighted by molar-refractivity contribution is 7.86. The van der Waals surface area contributed by atoms with Gasteiger partial charge in [-0.3, -0.25) is 4.55 Å². The topological polar surface area (TPSA) is 57.6 Å². The van der Waals surface area contributed by atoms with Gasteiger partial charge in [-0.15, -0.1) is 0 Å². The molecule has 0 radical (unpaired) electrons. The van der Waals surface area contributed by atoms with Crippen molar-refractivity contribution in [2.24, 2.45) is 0 Å². The second-order valence-electron chi connectivity index (χ2n) is 3.65. The van der Waals surface area contributed by atoms with Gasteiger partial charge >= 0.3 is 0 Å². The van der Waals surface area contributed by atoms with E-state index in [1.165, 1.54) is 0 Å². The van der Waals surface area contributed by atoms with Gasteiger partial charge in [-0.1, -0.05) is 6.92 Å². The van der Waals surface area contributed by atoms with Gasteiger partial charge < -0.3 is 4.90 Å². The molecular weight excluding hydrogens is 190 g/mol. The first kappa shape index (κ1) is 10.9. The molecule has 0 aromatic heterocycles. The van der Waals surface area contributed by atoms with Crippen molar-refractivity contribution in [3.8, 4) is 0 Å². The maximum atomic E-state index is 11.0. The van der Waals surface area contributed by atoms with Crippen LogP contribution >= 0.6 is 0 Å². The quantitative estimate of drug-likeness (QED) is 0.694. The minimum Gasteiger partial charge on any atom is -0.302 e. The molecule has 5 heteroatoms. The van der Waals surface area contributed by atoms with Crippen molar-refractivity contribution in [2.45, 2.75) is 37.5 Å². The molecule has 0 spiro atoms.